The molecule has 0 aromatic carbocycles. The molecule has 0 amide bonds. The lowest BCUT2D eigenvalue weighted by atomic mass is 10.3. The molecule has 0 saturated heterocycles. The number of hydrogen-bond donors (Lipinski definition) is 0. The molecule has 1 aromatic heterocycles. The van der Waals surface area contributed by atoms with Gasteiger partial charge in [-0.15, -0.1) is 11.3 Å². The number of rotatable bonds is 2. The van der Waals surface area contributed by atoms with Crippen LogP contribution >= 0.6 is 11.3 Å². The Balaban J connectivity index is 2.70. The molecule has 0 aliphatic heterocycles. The van der Waals surface area contributed by atoms with E-state index >= 15 is 0 Å². The molecule has 1 rings (SSSR count). The van der Waals surface area contributed by atoms with Gasteiger partial charge in [0.1, 0.15) is 0 Å². The Hall–Kier alpha value is -0.840. The van der Waals surface area contributed by atoms with E-state index < -0.39 is 12.6 Å². The lowest BCUT2D eigenvalue weighted by molar-refractivity contribution is -0.126. The molecule has 0 aliphatic carbocycles. The fourth-order valence-corrected chi connectivity index (χ4v) is 1.61. The van der Waals surface area contributed by atoms with Crippen molar-refractivity contribution in [3.8, 4) is 0 Å². The minimum Gasteiger partial charge on any atom is -0.298 e. The van der Waals surface area contributed by atoms with Gasteiger partial charge in [-0.1, -0.05) is 0 Å². The molecule has 0 saturated carbocycles. The first-order chi connectivity index (χ1) is 5.51. The molecule has 66 valence electrons. The third kappa shape index (κ3) is 2.65. The second-order valence-corrected chi connectivity index (χ2v) is 3.25. The third-order valence-electron chi connectivity index (χ3n) is 1.18. The Morgan fingerprint density at radius 2 is 2.17 bits per heavy atom. The predicted molar refractivity (Wildman–Crippen MR) is 39.5 cm³/mol. The lowest BCUT2D eigenvalue weighted by Gasteiger charge is -2.01. The molecule has 1 nitrogen and oxygen atoms in total. The summed E-state index contributed by atoms with van der Waals surface area (Å²) in [6.07, 6.45) is -4.60. The Morgan fingerprint density at radius 3 is 2.58 bits per heavy atom. The molecule has 12 heavy (non-hydrogen) atoms. The van der Waals surface area contributed by atoms with E-state index in [4.69, 9.17) is 0 Å². The van der Waals surface area contributed by atoms with E-state index in [0.717, 1.165) is 11.3 Å². The monoisotopic (exact) mass is 194 g/mol. The molecule has 0 unspecified atom stereocenters. The minimum absolute atomic E-state index is 0.171. The molecule has 0 bridgehead atoms. The van der Waals surface area contributed by atoms with Crippen LogP contribution in [0.15, 0.2) is 11.4 Å². The first-order valence-electron chi connectivity index (χ1n) is 3.10. The molecule has 0 atom stereocenters. The van der Waals surface area contributed by atoms with Gasteiger partial charge in [-0.3, -0.25) is 4.79 Å². The zero-order valence-electron chi connectivity index (χ0n) is 5.89. The maximum atomic E-state index is 11.8. The largest absolute Gasteiger partial charge is 0.393 e. The molecule has 0 fully saturated rings. The van der Waals surface area contributed by atoms with Crippen LogP contribution in [-0.4, -0.2) is 12.5 Å². The number of carbonyl (C=O) groups is 1. The summed E-state index contributed by atoms with van der Waals surface area (Å²) in [6.45, 7) is 0. The van der Waals surface area contributed by atoms with Crippen LogP contribution < -0.4 is 0 Å². The Morgan fingerprint density at radius 1 is 1.50 bits per heavy atom. The first-order valence-corrected chi connectivity index (χ1v) is 3.98. The summed E-state index contributed by atoms with van der Waals surface area (Å²) in [7, 11) is 0. The van der Waals surface area contributed by atoms with Gasteiger partial charge < -0.3 is 0 Å². The zero-order valence-corrected chi connectivity index (χ0v) is 6.71. The fraction of sp³-hybridized carbons (Fsp3) is 0.286. The number of thiophene rings is 1. The number of alkyl halides is 3. The summed E-state index contributed by atoms with van der Waals surface area (Å²) in [4.78, 5) is 10.3. The summed E-state index contributed by atoms with van der Waals surface area (Å²) in [5.41, 5.74) is 0.305. The van der Waals surface area contributed by atoms with E-state index in [-0.39, 0.29) is 4.88 Å². The lowest BCUT2D eigenvalue weighted by Crippen LogP contribution is -2.10. The Kier molecular flexibility index (Phi) is 2.52. The zero-order chi connectivity index (χ0) is 9.19. The van der Waals surface area contributed by atoms with Gasteiger partial charge >= 0.3 is 6.18 Å². The van der Waals surface area contributed by atoms with E-state index in [1.165, 1.54) is 11.4 Å². The summed E-state index contributed by atoms with van der Waals surface area (Å²) < 4.78 is 35.3. The Labute approximate surface area is 70.8 Å². The van der Waals surface area contributed by atoms with Crippen LogP contribution in [0.1, 0.15) is 15.2 Å². The van der Waals surface area contributed by atoms with E-state index in [9.17, 15) is 18.0 Å². The molecule has 0 N–H and O–H groups in total. The molecular weight excluding hydrogens is 189 g/mol. The van der Waals surface area contributed by atoms with Crippen molar-refractivity contribution in [2.75, 3.05) is 0 Å². The Bertz CT molecular complexity index is 276. The smallest absolute Gasteiger partial charge is 0.298 e. The van der Waals surface area contributed by atoms with Gasteiger partial charge in [0.25, 0.3) is 0 Å². The number of halogens is 3. The van der Waals surface area contributed by atoms with Gasteiger partial charge in [0.15, 0.2) is 6.29 Å². The van der Waals surface area contributed by atoms with Crippen molar-refractivity contribution in [1.29, 1.82) is 0 Å². The molecule has 5 heteroatoms. The SMILES string of the molecule is O=Cc1csc(CC(F)(F)F)c1. The molecule has 1 heterocycles. The predicted octanol–water partition coefficient (Wildman–Crippen LogP) is 2.67. The van der Waals surface area contributed by atoms with Crippen LogP contribution in [0.5, 0.6) is 0 Å². The normalized spacial score (nSPS) is 11.6. The standard InChI is InChI=1S/C7H5F3OS/c8-7(9,10)2-6-1-5(3-11)4-12-6/h1,3-4H,2H2. The quantitative estimate of drug-likeness (QED) is 0.661. The van der Waals surface area contributed by atoms with E-state index in [0.29, 0.717) is 11.8 Å². The van der Waals surface area contributed by atoms with Crippen LogP contribution in [0.2, 0.25) is 0 Å². The topological polar surface area (TPSA) is 17.1 Å². The number of aldehydes is 1. The third-order valence-corrected chi connectivity index (χ3v) is 2.14. The van der Waals surface area contributed by atoms with Gasteiger partial charge in [-0.05, 0) is 6.07 Å². The van der Waals surface area contributed by atoms with E-state index in [1.54, 1.807) is 0 Å². The van der Waals surface area contributed by atoms with Crippen LogP contribution in [0.4, 0.5) is 13.2 Å². The second kappa shape index (κ2) is 3.26. The van der Waals surface area contributed by atoms with Gasteiger partial charge in [0, 0.05) is 15.8 Å². The van der Waals surface area contributed by atoms with Gasteiger partial charge in [-0.2, -0.15) is 13.2 Å². The van der Waals surface area contributed by atoms with Gasteiger partial charge in [0.05, 0.1) is 6.42 Å². The number of carbonyl (C=O) groups excluding carboxylic acids is 1. The van der Waals surface area contributed by atoms with E-state index in [2.05, 4.69) is 0 Å². The summed E-state index contributed by atoms with van der Waals surface area (Å²) >= 11 is 0.950. The van der Waals surface area contributed by atoms with Crippen LogP contribution in [0.3, 0.4) is 0 Å². The van der Waals surface area contributed by atoms with Crippen molar-refractivity contribution in [3.05, 3.63) is 21.9 Å². The van der Waals surface area contributed by atoms with Crippen molar-refractivity contribution in [3.63, 3.8) is 0 Å². The maximum Gasteiger partial charge on any atom is 0.393 e. The van der Waals surface area contributed by atoms with Crippen molar-refractivity contribution in [2.45, 2.75) is 12.6 Å². The number of hydrogen-bond acceptors (Lipinski definition) is 2. The summed E-state index contributed by atoms with van der Waals surface area (Å²) in [6, 6.07) is 1.26. The highest BCUT2D eigenvalue weighted by Crippen LogP contribution is 2.24. The molecule has 1 aromatic rings. The van der Waals surface area contributed by atoms with Crippen molar-refractivity contribution >= 4 is 17.6 Å². The first kappa shape index (κ1) is 9.25. The minimum atomic E-state index is -4.19. The molecule has 0 spiro atoms. The maximum absolute atomic E-state index is 11.8. The highest BCUT2D eigenvalue weighted by atomic mass is 32.1. The average Bonchev–Trinajstić information content (AvgIpc) is 2.32. The molecular formula is C7H5F3OS. The van der Waals surface area contributed by atoms with Crippen molar-refractivity contribution in [1.82, 2.24) is 0 Å². The van der Waals surface area contributed by atoms with Crippen LogP contribution in [-0.2, 0) is 6.42 Å². The van der Waals surface area contributed by atoms with Crippen LogP contribution in [0, 0.1) is 0 Å². The van der Waals surface area contributed by atoms with Crippen LogP contribution in [0.25, 0.3) is 0 Å². The fourth-order valence-electron chi connectivity index (χ4n) is 0.750. The van der Waals surface area contributed by atoms with Crippen molar-refractivity contribution < 1.29 is 18.0 Å². The highest BCUT2D eigenvalue weighted by Gasteiger charge is 2.28. The van der Waals surface area contributed by atoms with E-state index in [1.807, 2.05) is 0 Å². The molecule has 0 aliphatic rings. The molecule has 0 radical (unpaired) electrons. The van der Waals surface area contributed by atoms with Gasteiger partial charge in [-0.25, -0.2) is 0 Å². The summed E-state index contributed by atoms with van der Waals surface area (Å²) in [5, 5.41) is 1.41. The second-order valence-electron chi connectivity index (χ2n) is 2.26. The van der Waals surface area contributed by atoms with Gasteiger partial charge in [0.2, 0.25) is 0 Å². The average molecular weight is 194 g/mol. The summed E-state index contributed by atoms with van der Waals surface area (Å²) in [5.74, 6) is 0. The van der Waals surface area contributed by atoms with Crippen molar-refractivity contribution in [2.24, 2.45) is 0 Å². The highest BCUT2D eigenvalue weighted by molar-refractivity contribution is 7.10.